The normalized spacial score (nSPS) is 11.2. The fourth-order valence-electron chi connectivity index (χ4n) is 3.15. The van der Waals surface area contributed by atoms with Crippen molar-refractivity contribution in [3.63, 3.8) is 0 Å². The quantitative estimate of drug-likeness (QED) is 0.522. The topological polar surface area (TPSA) is 53.2 Å². The number of nitriles is 1. The first-order chi connectivity index (χ1) is 12.9. The average molecular weight is 366 g/mol. The molecule has 0 amide bonds. The summed E-state index contributed by atoms with van der Waals surface area (Å²) in [6.07, 6.45) is 4.79. The van der Waals surface area contributed by atoms with Gasteiger partial charge in [-0.25, -0.2) is 0 Å². The molecule has 3 heteroatoms. The second-order valence-corrected chi connectivity index (χ2v) is 7.85. The number of nitrogens with zero attached hydrogens (tertiary/aromatic N) is 1. The van der Waals surface area contributed by atoms with Gasteiger partial charge in [0.25, 0.3) is 0 Å². The molecule has 144 valence electrons. The van der Waals surface area contributed by atoms with Gasteiger partial charge in [-0.05, 0) is 57.2 Å². The Morgan fingerprint density at radius 3 is 2.56 bits per heavy atom. The van der Waals surface area contributed by atoms with Gasteiger partial charge in [-0.3, -0.25) is 0 Å². The number of benzene rings is 2. The van der Waals surface area contributed by atoms with Crippen LogP contribution in [-0.2, 0) is 6.42 Å². The second-order valence-electron chi connectivity index (χ2n) is 7.85. The molecule has 3 nitrogen and oxygen atoms in total. The lowest BCUT2D eigenvalue weighted by molar-refractivity contribution is 0.296. The molecule has 0 unspecified atom stereocenters. The summed E-state index contributed by atoms with van der Waals surface area (Å²) in [5.74, 6) is 1.02. The van der Waals surface area contributed by atoms with Crippen LogP contribution in [0.3, 0.4) is 0 Å². The highest BCUT2D eigenvalue weighted by atomic mass is 16.5. The third kappa shape index (κ3) is 6.03. The van der Waals surface area contributed by atoms with Gasteiger partial charge in [0, 0.05) is 11.6 Å². The molecule has 2 rings (SSSR count). The van der Waals surface area contributed by atoms with Crippen LogP contribution >= 0.6 is 0 Å². The summed E-state index contributed by atoms with van der Waals surface area (Å²) < 4.78 is 5.96. The number of unbranched alkanes of at least 4 members (excludes halogenated alkanes) is 2. The summed E-state index contributed by atoms with van der Waals surface area (Å²) in [4.78, 5) is 0. The zero-order chi connectivity index (χ0) is 19.9. The smallest absolute Gasteiger partial charge is 0.127 e. The van der Waals surface area contributed by atoms with Crippen molar-refractivity contribution < 1.29 is 9.84 Å². The average Bonchev–Trinajstić information content (AvgIpc) is 2.64. The van der Waals surface area contributed by atoms with E-state index in [2.05, 4.69) is 32.0 Å². The molecular weight excluding hydrogens is 334 g/mol. The maximum Gasteiger partial charge on any atom is 0.127 e. The summed E-state index contributed by atoms with van der Waals surface area (Å²) in [5, 5.41) is 19.6. The van der Waals surface area contributed by atoms with Crippen molar-refractivity contribution in [2.75, 3.05) is 6.61 Å². The lowest BCUT2D eigenvalue weighted by Gasteiger charge is -2.16. The van der Waals surface area contributed by atoms with E-state index in [0.29, 0.717) is 6.61 Å². The SMILES string of the molecule is CCc1cc(-c2cccc(C)c2)c(O)cc1OCCCCCC(C)(C)C#N. The van der Waals surface area contributed by atoms with Crippen molar-refractivity contribution in [3.05, 3.63) is 47.5 Å². The molecule has 0 heterocycles. The Morgan fingerprint density at radius 1 is 1.11 bits per heavy atom. The van der Waals surface area contributed by atoms with Gasteiger partial charge in [0.05, 0.1) is 18.1 Å². The van der Waals surface area contributed by atoms with Crippen LogP contribution in [0.1, 0.15) is 57.6 Å². The fourth-order valence-corrected chi connectivity index (χ4v) is 3.15. The van der Waals surface area contributed by atoms with Gasteiger partial charge in [-0.1, -0.05) is 49.6 Å². The molecule has 2 aromatic rings. The number of phenols is 1. The van der Waals surface area contributed by atoms with Crippen LogP contribution in [0.2, 0.25) is 0 Å². The summed E-state index contributed by atoms with van der Waals surface area (Å²) in [7, 11) is 0. The second kappa shape index (κ2) is 9.46. The molecule has 0 saturated carbocycles. The van der Waals surface area contributed by atoms with E-state index in [1.165, 1.54) is 5.56 Å². The standard InChI is InChI=1S/C24H31NO2/c1-5-19-15-21(20-11-9-10-18(2)14-20)22(26)16-23(19)27-13-8-6-7-12-24(3,4)17-25/h9-11,14-16,26H,5-8,12-13H2,1-4H3. The van der Waals surface area contributed by atoms with Crippen molar-refractivity contribution >= 4 is 0 Å². The van der Waals surface area contributed by atoms with E-state index in [0.717, 1.165) is 54.5 Å². The number of ether oxygens (including phenoxy) is 1. The summed E-state index contributed by atoms with van der Waals surface area (Å²) in [5.41, 5.74) is 3.91. The maximum atomic E-state index is 10.5. The Hall–Kier alpha value is -2.47. The maximum absolute atomic E-state index is 10.5. The van der Waals surface area contributed by atoms with Gasteiger partial charge in [-0.15, -0.1) is 0 Å². The molecule has 27 heavy (non-hydrogen) atoms. The zero-order valence-corrected chi connectivity index (χ0v) is 17.0. The van der Waals surface area contributed by atoms with Gasteiger partial charge in [0.15, 0.2) is 0 Å². The number of rotatable bonds is 9. The van der Waals surface area contributed by atoms with Crippen LogP contribution in [-0.4, -0.2) is 11.7 Å². The lowest BCUT2D eigenvalue weighted by atomic mass is 9.89. The van der Waals surface area contributed by atoms with E-state index in [1.54, 1.807) is 6.07 Å². The predicted octanol–water partition coefficient (Wildman–Crippen LogP) is 6.42. The van der Waals surface area contributed by atoms with E-state index >= 15 is 0 Å². The lowest BCUT2D eigenvalue weighted by Crippen LogP contribution is -2.07. The third-order valence-electron chi connectivity index (χ3n) is 4.90. The minimum absolute atomic E-state index is 0.242. The highest BCUT2D eigenvalue weighted by Crippen LogP contribution is 2.36. The molecule has 0 atom stereocenters. The summed E-state index contributed by atoms with van der Waals surface area (Å²) >= 11 is 0. The molecule has 0 bridgehead atoms. The zero-order valence-electron chi connectivity index (χ0n) is 17.0. The highest BCUT2D eigenvalue weighted by molar-refractivity contribution is 5.73. The molecule has 0 radical (unpaired) electrons. The van der Waals surface area contributed by atoms with Gasteiger partial charge >= 0.3 is 0 Å². The van der Waals surface area contributed by atoms with Crippen LogP contribution in [0.4, 0.5) is 0 Å². The summed E-state index contributed by atoms with van der Waals surface area (Å²) in [6.45, 7) is 8.74. The first-order valence-corrected chi connectivity index (χ1v) is 9.83. The monoisotopic (exact) mass is 365 g/mol. The molecule has 0 aromatic heterocycles. The van der Waals surface area contributed by atoms with Crippen LogP contribution in [0, 0.1) is 23.7 Å². The fraction of sp³-hybridized carbons (Fsp3) is 0.458. The van der Waals surface area contributed by atoms with Crippen LogP contribution in [0.5, 0.6) is 11.5 Å². The number of aryl methyl sites for hydroxylation is 2. The van der Waals surface area contributed by atoms with E-state index in [4.69, 9.17) is 10.00 Å². The third-order valence-corrected chi connectivity index (χ3v) is 4.90. The first-order valence-electron chi connectivity index (χ1n) is 9.83. The Bertz CT molecular complexity index is 803. The Morgan fingerprint density at radius 2 is 1.89 bits per heavy atom. The van der Waals surface area contributed by atoms with E-state index < -0.39 is 0 Å². The number of phenolic OH excluding ortho intramolecular Hbond substituents is 1. The van der Waals surface area contributed by atoms with Crippen molar-refractivity contribution in [1.29, 1.82) is 5.26 Å². The van der Waals surface area contributed by atoms with Gasteiger partial charge < -0.3 is 9.84 Å². The van der Waals surface area contributed by atoms with Crippen LogP contribution in [0.25, 0.3) is 11.1 Å². The molecular formula is C24H31NO2. The molecule has 0 spiro atoms. The van der Waals surface area contributed by atoms with Crippen molar-refractivity contribution in [2.45, 2.75) is 59.8 Å². The molecule has 1 N–H and O–H groups in total. The van der Waals surface area contributed by atoms with E-state index in [1.807, 2.05) is 32.0 Å². The molecule has 2 aromatic carbocycles. The van der Waals surface area contributed by atoms with E-state index in [9.17, 15) is 5.11 Å². The van der Waals surface area contributed by atoms with E-state index in [-0.39, 0.29) is 11.2 Å². The largest absolute Gasteiger partial charge is 0.507 e. The predicted molar refractivity (Wildman–Crippen MR) is 111 cm³/mol. The first kappa shape index (κ1) is 20.8. The van der Waals surface area contributed by atoms with Crippen molar-refractivity contribution in [2.24, 2.45) is 5.41 Å². The molecule has 0 aliphatic heterocycles. The number of aromatic hydroxyl groups is 1. The number of hydrogen-bond acceptors (Lipinski definition) is 3. The molecule has 0 aliphatic carbocycles. The highest BCUT2D eigenvalue weighted by Gasteiger charge is 2.15. The summed E-state index contributed by atoms with van der Waals surface area (Å²) in [6, 6.07) is 14.3. The molecule has 0 saturated heterocycles. The van der Waals surface area contributed by atoms with Crippen molar-refractivity contribution in [1.82, 2.24) is 0 Å². The minimum atomic E-state index is -0.242. The number of hydrogen-bond donors (Lipinski definition) is 1. The minimum Gasteiger partial charge on any atom is -0.507 e. The van der Waals surface area contributed by atoms with Gasteiger partial charge in [-0.2, -0.15) is 5.26 Å². The van der Waals surface area contributed by atoms with Crippen molar-refractivity contribution in [3.8, 4) is 28.7 Å². The Kier molecular flexibility index (Phi) is 7.30. The molecule has 0 fully saturated rings. The van der Waals surface area contributed by atoms with Gasteiger partial charge in [0.2, 0.25) is 0 Å². The Labute approximate surface area is 163 Å². The van der Waals surface area contributed by atoms with Crippen LogP contribution in [0.15, 0.2) is 36.4 Å². The van der Waals surface area contributed by atoms with Gasteiger partial charge in [0.1, 0.15) is 11.5 Å². The Balaban J connectivity index is 1.98. The molecule has 0 aliphatic rings. The van der Waals surface area contributed by atoms with Crippen LogP contribution < -0.4 is 4.74 Å².